The lowest BCUT2D eigenvalue weighted by Crippen LogP contribution is -2.13. The number of benzene rings is 1. The normalized spacial score (nSPS) is 10.6. The Bertz CT molecular complexity index is 345. The van der Waals surface area contributed by atoms with E-state index in [1.54, 1.807) is 6.07 Å². The van der Waals surface area contributed by atoms with Gasteiger partial charge in [0, 0.05) is 13.2 Å². The molecule has 1 rings (SSSR count). The number of unbranched alkanes of at least 4 members (excludes halogenated alkanes) is 1. The lowest BCUT2D eigenvalue weighted by molar-refractivity contribution is 0.248. The van der Waals surface area contributed by atoms with Crippen LogP contribution < -0.4 is 10.1 Å². The van der Waals surface area contributed by atoms with Crippen LogP contribution in [0.4, 0.5) is 4.39 Å². The van der Waals surface area contributed by atoms with Crippen LogP contribution in [0.3, 0.4) is 0 Å². The average molecular weight is 255 g/mol. The van der Waals surface area contributed by atoms with Gasteiger partial charge in [-0.05, 0) is 43.5 Å². The highest BCUT2D eigenvalue weighted by molar-refractivity contribution is 5.29. The van der Waals surface area contributed by atoms with Gasteiger partial charge in [0.25, 0.3) is 0 Å². The van der Waals surface area contributed by atoms with E-state index in [9.17, 15) is 4.39 Å². The Kier molecular flexibility index (Phi) is 7.37. The molecule has 3 nitrogen and oxygen atoms in total. The zero-order chi connectivity index (χ0) is 13.2. The molecule has 2 N–H and O–H groups in total. The first-order valence-electron chi connectivity index (χ1n) is 6.50. The van der Waals surface area contributed by atoms with Gasteiger partial charge in [0.05, 0.1) is 6.61 Å². The lowest BCUT2D eigenvalue weighted by Gasteiger charge is -2.09. The van der Waals surface area contributed by atoms with Crippen LogP contribution in [0.1, 0.15) is 31.7 Å². The van der Waals surface area contributed by atoms with Gasteiger partial charge in [0.15, 0.2) is 11.6 Å². The molecule has 102 valence electrons. The SMILES string of the molecule is CCCNCc1ccc(OCCCCO)c(F)c1. The fraction of sp³-hybridized carbons (Fsp3) is 0.571. The maximum atomic E-state index is 13.7. The molecule has 0 saturated heterocycles. The number of hydrogen-bond acceptors (Lipinski definition) is 3. The molecule has 0 bridgehead atoms. The van der Waals surface area contributed by atoms with Gasteiger partial charge in [-0.2, -0.15) is 0 Å². The zero-order valence-electron chi connectivity index (χ0n) is 10.9. The van der Waals surface area contributed by atoms with E-state index >= 15 is 0 Å². The summed E-state index contributed by atoms with van der Waals surface area (Å²) >= 11 is 0. The minimum atomic E-state index is -0.324. The summed E-state index contributed by atoms with van der Waals surface area (Å²) in [6, 6.07) is 5.04. The van der Waals surface area contributed by atoms with E-state index in [0.29, 0.717) is 19.6 Å². The van der Waals surface area contributed by atoms with Crippen molar-refractivity contribution in [1.29, 1.82) is 0 Å². The Morgan fingerprint density at radius 2 is 2.17 bits per heavy atom. The zero-order valence-corrected chi connectivity index (χ0v) is 10.9. The van der Waals surface area contributed by atoms with Gasteiger partial charge in [0.2, 0.25) is 0 Å². The van der Waals surface area contributed by atoms with E-state index in [1.165, 1.54) is 6.07 Å². The smallest absolute Gasteiger partial charge is 0.165 e. The molecule has 0 aliphatic rings. The van der Waals surface area contributed by atoms with Crippen LogP contribution in [0.5, 0.6) is 5.75 Å². The standard InChI is InChI=1S/C14H22FNO2/c1-2-7-16-11-12-5-6-14(13(15)10-12)18-9-4-3-8-17/h5-6,10,16-17H,2-4,7-9,11H2,1H3. The van der Waals surface area contributed by atoms with Crippen molar-refractivity contribution in [3.8, 4) is 5.75 Å². The molecule has 0 unspecified atom stereocenters. The fourth-order valence-electron chi connectivity index (χ4n) is 1.58. The molecule has 0 amide bonds. The Morgan fingerprint density at radius 1 is 1.33 bits per heavy atom. The number of halogens is 1. The van der Waals surface area contributed by atoms with Crippen LogP contribution in [0.15, 0.2) is 18.2 Å². The first-order valence-corrected chi connectivity index (χ1v) is 6.50. The minimum Gasteiger partial charge on any atom is -0.491 e. The summed E-state index contributed by atoms with van der Waals surface area (Å²) in [6.07, 6.45) is 2.48. The van der Waals surface area contributed by atoms with E-state index in [1.807, 2.05) is 6.07 Å². The molecule has 0 aromatic heterocycles. The van der Waals surface area contributed by atoms with Crippen molar-refractivity contribution in [1.82, 2.24) is 5.32 Å². The van der Waals surface area contributed by atoms with Gasteiger partial charge >= 0.3 is 0 Å². The highest BCUT2D eigenvalue weighted by Gasteiger charge is 2.04. The molecule has 0 fully saturated rings. The fourth-order valence-corrected chi connectivity index (χ4v) is 1.58. The third-order valence-corrected chi connectivity index (χ3v) is 2.56. The van der Waals surface area contributed by atoms with E-state index in [4.69, 9.17) is 9.84 Å². The maximum absolute atomic E-state index is 13.7. The van der Waals surface area contributed by atoms with E-state index in [-0.39, 0.29) is 18.2 Å². The van der Waals surface area contributed by atoms with Gasteiger partial charge in [-0.1, -0.05) is 13.0 Å². The number of ether oxygens (including phenoxy) is 1. The largest absolute Gasteiger partial charge is 0.491 e. The minimum absolute atomic E-state index is 0.147. The number of aliphatic hydroxyl groups excluding tert-OH is 1. The second-order valence-electron chi connectivity index (χ2n) is 4.22. The molecule has 0 aliphatic heterocycles. The van der Waals surface area contributed by atoms with Crippen LogP contribution in [0.2, 0.25) is 0 Å². The summed E-state index contributed by atoms with van der Waals surface area (Å²) in [5.41, 5.74) is 0.920. The Hall–Kier alpha value is -1.13. The van der Waals surface area contributed by atoms with Crippen molar-refractivity contribution >= 4 is 0 Å². The summed E-state index contributed by atoms with van der Waals surface area (Å²) in [5.74, 6) is -0.0398. The third kappa shape index (κ3) is 5.47. The summed E-state index contributed by atoms with van der Waals surface area (Å²) < 4.78 is 19.0. The molecule has 0 heterocycles. The van der Waals surface area contributed by atoms with Crippen molar-refractivity contribution in [2.75, 3.05) is 19.8 Å². The van der Waals surface area contributed by atoms with Crippen molar-refractivity contribution in [2.45, 2.75) is 32.7 Å². The predicted molar refractivity (Wildman–Crippen MR) is 70.2 cm³/mol. The summed E-state index contributed by atoms with van der Waals surface area (Å²) in [6.45, 7) is 4.28. The first kappa shape index (κ1) is 14.9. The van der Waals surface area contributed by atoms with Crippen molar-refractivity contribution < 1.29 is 14.2 Å². The molecular formula is C14H22FNO2. The molecule has 1 aromatic carbocycles. The molecule has 0 atom stereocenters. The van der Waals surface area contributed by atoms with Gasteiger partial charge in [-0.15, -0.1) is 0 Å². The molecule has 0 saturated carbocycles. The monoisotopic (exact) mass is 255 g/mol. The Morgan fingerprint density at radius 3 is 2.83 bits per heavy atom. The molecule has 0 aliphatic carbocycles. The summed E-state index contributed by atoms with van der Waals surface area (Å²) in [5, 5.41) is 11.8. The Labute approximate surface area is 108 Å². The predicted octanol–water partition coefficient (Wildman–Crippen LogP) is 2.48. The van der Waals surface area contributed by atoms with Crippen LogP contribution >= 0.6 is 0 Å². The van der Waals surface area contributed by atoms with E-state index < -0.39 is 0 Å². The lowest BCUT2D eigenvalue weighted by atomic mass is 10.2. The highest BCUT2D eigenvalue weighted by Crippen LogP contribution is 2.18. The molecule has 0 radical (unpaired) electrons. The number of nitrogens with one attached hydrogen (secondary N) is 1. The quantitative estimate of drug-likeness (QED) is 0.666. The van der Waals surface area contributed by atoms with Gasteiger partial charge < -0.3 is 15.2 Å². The summed E-state index contributed by atoms with van der Waals surface area (Å²) in [4.78, 5) is 0. The topological polar surface area (TPSA) is 41.5 Å². The van der Waals surface area contributed by atoms with E-state index in [2.05, 4.69) is 12.2 Å². The third-order valence-electron chi connectivity index (χ3n) is 2.56. The second kappa shape index (κ2) is 8.89. The second-order valence-corrected chi connectivity index (χ2v) is 4.22. The van der Waals surface area contributed by atoms with Gasteiger partial charge in [0.1, 0.15) is 0 Å². The average Bonchev–Trinajstić information content (AvgIpc) is 2.37. The van der Waals surface area contributed by atoms with Crippen LogP contribution in [-0.4, -0.2) is 24.9 Å². The van der Waals surface area contributed by atoms with Crippen LogP contribution in [-0.2, 0) is 6.54 Å². The van der Waals surface area contributed by atoms with Crippen molar-refractivity contribution in [3.63, 3.8) is 0 Å². The van der Waals surface area contributed by atoms with Gasteiger partial charge in [-0.3, -0.25) is 0 Å². The molecule has 0 spiro atoms. The maximum Gasteiger partial charge on any atom is 0.165 e. The molecule has 18 heavy (non-hydrogen) atoms. The molecule has 4 heteroatoms. The number of hydrogen-bond donors (Lipinski definition) is 2. The van der Waals surface area contributed by atoms with Crippen LogP contribution in [0, 0.1) is 5.82 Å². The van der Waals surface area contributed by atoms with E-state index in [0.717, 1.165) is 24.9 Å². The molecule has 1 aromatic rings. The van der Waals surface area contributed by atoms with Crippen molar-refractivity contribution in [2.24, 2.45) is 0 Å². The highest BCUT2D eigenvalue weighted by atomic mass is 19.1. The Balaban J connectivity index is 2.41. The van der Waals surface area contributed by atoms with Crippen molar-refractivity contribution in [3.05, 3.63) is 29.6 Å². The van der Waals surface area contributed by atoms with Gasteiger partial charge in [-0.25, -0.2) is 4.39 Å². The number of aliphatic hydroxyl groups is 1. The molecular weight excluding hydrogens is 233 g/mol. The number of rotatable bonds is 9. The van der Waals surface area contributed by atoms with Crippen LogP contribution in [0.25, 0.3) is 0 Å². The summed E-state index contributed by atoms with van der Waals surface area (Å²) in [7, 11) is 0. The first-order chi connectivity index (χ1) is 8.77.